The van der Waals surface area contributed by atoms with Gasteiger partial charge in [0.2, 0.25) is 10.0 Å². The lowest BCUT2D eigenvalue weighted by atomic mass is 10.2. The molecular weight excluding hydrogens is 428 g/mol. The summed E-state index contributed by atoms with van der Waals surface area (Å²) in [4.78, 5) is 16.6. The molecule has 0 saturated carbocycles. The quantitative estimate of drug-likeness (QED) is 0.397. The van der Waals surface area contributed by atoms with Crippen molar-refractivity contribution < 1.29 is 17.9 Å². The second-order valence-corrected chi connectivity index (χ2v) is 8.87. The van der Waals surface area contributed by atoms with Crippen LogP contribution in [0.5, 0.6) is 5.75 Å². The van der Waals surface area contributed by atoms with Gasteiger partial charge in [-0.3, -0.25) is 9.78 Å². The molecule has 0 spiro atoms. The number of aryl methyl sites for hydroxylation is 1. The van der Waals surface area contributed by atoms with E-state index in [1.54, 1.807) is 55.6 Å². The molecule has 0 saturated heterocycles. The molecule has 0 atom stereocenters. The van der Waals surface area contributed by atoms with Crippen LogP contribution in [0.4, 0.5) is 0 Å². The summed E-state index contributed by atoms with van der Waals surface area (Å²) in [6.07, 6.45) is 2.99. The van der Waals surface area contributed by atoms with Crippen molar-refractivity contribution in [1.82, 2.24) is 14.7 Å². The predicted molar refractivity (Wildman–Crippen MR) is 122 cm³/mol. The molecule has 0 aliphatic rings. The standard InChI is InChI=1S/C23H24N4O4S/c1-18-11-12-21(31-2)22(14-18)32(29,30)27(16-19-8-4-3-5-9-19)17-23(28)26-25-15-20-10-6-7-13-24-20/h3-15H,16-17H2,1-2H3,(H,26,28). The van der Waals surface area contributed by atoms with Gasteiger partial charge in [0.1, 0.15) is 10.6 Å². The van der Waals surface area contributed by atoms with Crippen LogP contribution in [0.3, 0.4) is 0 Å². The maximum Gasteiger partial charge on any atom is 0.255 e. The van der Waals surface area contributed by atoms with Crippen LogP contribution in [0, 0.1) is 6.92 Å². The molecule has 0 aliphatic heterocycles. The minimum Gasteiger partial charge on any atom is -0.495 e. The van der Waals surface area contributed by atoms with Crippen LogP contribution >= 0.6 is 0 Å². The SMILES string of the molecule is COc1ccc(C)cc1S(=O)(=O)N(CC(=O)NN=Cc1ccccn1)Cc1ccccc1. The molecule has 1 aromatic heterocycles. The minimum atomic E-state index is -4.05. The predicted octanol–water partition coefficient (Wildman–Crippen LogP) is 2.74. The third kappa shape index (κ3) is 5.99. The van der Waals surface area contributed by atoms with Gasteiger partial charge in [0.15, 0.2) is 0 Å². The van der Waals surface area contributed by atoms with Crippen LogP contribution in [-0.4, -0.2) is 43.5 Å². The zero-order valence-electron chi connectivity index (χ0n) is 17.8. The monoisotopic (exact) mass is 452 g/mol. The van der Waals surface area contributed by atoms with E-state index in [-0.39, 0.29) is 17.2 Å². The van der Waals surface area contributed by atoms with Crippen molar-refractivity contribution in [1.29, 1.82) is 0 Å². The van der Waals surface area contributed by atoms with Gasteiger partial charge >= 0.3 is 0 Å². The molecule has 9 heteroatoms. The van der Waals surface area contributed by atoms with Crippen molar-refractivity contribution in [3.8, 4) is 5.75 Å². The number of pyridine rings is 1. The van der Waals surface area contributed by atoms with Crippen molar-refractivity contribution >= 4 is 22.1 Å². The number of hydrogen-bond acceptors (Lipinski definition) is 6. The highest BCUT2D eigenvalue weighted by Crippen LogP contribution is 2.28. The summed E-state index contributed by atoms with van der Waals surface area (Å²) in [7, 11) is -2.65. The van der Waals surface area contributed by atoms with Crippen LogP contribution in [0.15, 0.2) is 82.9 Å². The van der Waals surface area contributed by atoms with Crippen molar-refractivity contribution in [2.24, 2.45) is 5.10 Å². The van der Waals surface area contributed by atoms with Gasteiger partial charge in [-0.15, -0.1) is 0 Å². The Hall–Kier alpha value is -3.56. The van der Waals surface area contributed by atoms with Crippen LogP contribution in [0.25, 0.3) is 0 Å². The molecule has 1 heterocycles. The number of hydrazone groups is 1. The summed E-state index contributed by atoms with van der Waals surface area (Å²) in [5.74, 6) is -0.370. The van der Waals surface area contributed by atoms with Crippen molar-refractivity contribution in [3.05, 3.63) is 89.7 Å². The highest BCUT2D eigenvalue weighted by Gasteiger charge is 2.30. The fourth-order valence-electron chi connectivity index (χ4n) is 2.96. The van der Waals surface area contributed by atoms with E-state index in [1.165, 1.54) is 19.4 Å². The molecule has 2 aromatic carbocycles. The fourth-order valence-corrected chi connectivity index (χ4v) is 4.58. The van der Waals surface area contributed by atoms with E-state index in [9.17, 15) is 13.2 Å². The number of ether oxygens (including phenoxy) is 1. The number of aromatic nitrogens is 1. The largest absolute Gasteiger partial charge is 0.495 e. The summed E-state index contributed by atoms with van der Waals surface area (Å²) in [5.41, 5.74) is 4.43. The van der Waals surface area contributed by atoms with Crippen LogP contribution in [-0.2, 0) is 21.4 Å². The highest BCUT2D eigenvalue weighted by molar-refractivity contribution is 7.89. The molecule has 3 aromatic rings. The van der Waals surface area contributed by atoms with E-state index in [0.717, 1.165) is 15.4 Å². The van der Waals surface area contributed by atoms with Gasteiger partial charge in [0, 0.05) is 12.7 Å². The molecule has 0 unspecified atom stereocenters. The normalized spacial score (nSPS) is 11.6. The molecule has 0 radical (unpaired) electrons. The summed E-state index contributed by atoms with van der Waals surface area (Å²) in [6.45, 7) is 1.38. The third-order valence-corrected chi connectivity index (χ3v) is 6.35. The maximum atomic E-state index is 13.5. The molecule has 32 heavy (non-hydrogen) atoms. The summed E-state index contributed by atoms with van der Waals surface area (Å²) in [6, 6.07) is 19.2. The number of amides is 1. The van der Waals surface area contributed by atoms with Gasteiger partial charge in [-0.2, -0.15) is 9.41 Å². The Kier molecular flexibility index (Phi) is 7.69. The summed E-state index contributed by atoms with van der Waals surface area (Å²) in [5, 5.41) is 3.87. The van der Waals surface area contributed by atoms with E-state index in [0.29, 0.717) is 5.69 Å². The number of benzene rings is 2. The average molecular weight is 453 g/mol. The first-order valence-corrected chi connectivity index (χ1v) is 11.3. The summed E-state index contributed by atoms with van der Waals surface area (Å²) >= 11 is 0. The smallest absolute Gasteiger partial charge is 0.255 e. The Balaban J connectivity index is 1.86. The van der Waals surface area contributed by atoms with E-state index in [2.05, 4.69) is 15.5 Å². The van der Waals surface area contributed by atoms with E-state index in [4.69, 9.17) is 4.74 Å². The fraction of sp³-hybridized carbons (Fsp3) is 0.174. The van der Waals surface area contributed by atoms with Crippen molar-refractivity contribution in [2.75, 3.05) is 13.7 Å². The Morgan fingerprint density at radius 1 is 1.12 bits per heavy atom. The van der Waals surface area contributed by atoms with Gasteiger partial charge in [-0.05, 0) is 42.3 Å². The lowest BCUT2D eigenvalue weighted by Gasteiger charge is -2.23. The zero-order chi connectivity index (χ0) is 23.0. The van der Waals surface area contributed by atoms with Gasteiger partial charge < -0.3 is 4.74 Å². The first-order valence-electron chi connectivity index (χ1n) is 9.82. The molecule has 3 rings (SSSR count). The highest BCUT2D eigenvalue weighted by atomic mass is 32.2. The van der Waals surface area contributed by atoms with Crippen molar-refractivity contribution in [3.63, 3.8) is 0 Å². The van der Waals surface area contributed by atoms with E-state index < -0.39 is 22.5 Å². The van der Waals surface area contributed by atoms with Crippen LogP contribution in [0.1, 0.15) is 16.8 Å². The number of nitrogens with one attached hydrogen (secondary N) is 1. The lowest BCUT2D eigenvalue weighted by Crippen LogP contribution is -2.39. The number of hydrogen-bond donors (Lipinski definition) is 1. The zero-order valence-corrected chi connectivity index (χ0v) is 18.6. The first kappa shape index (κ1) is 23.1. The molecule has 1 N–H and O–H groups in total. The average Bonchev–Trinajstić information content (AvgIpc) is 2.80. The minimum absolute atomic E-state index is 0.000665. The Morgan fingerprint density at radius 3 is 2.56 bits per heavy atom. The number of methoxy groups -OCH3 is 1. The number of rotatable bonds is 9. The Morgan fingerprint density at radius 2 is 1.88 bits per heavy atom. The lowest BCUT2D eigenvalue weighted by molar-refractivity contribution is -0.121. The van der Waals surface area contributed by atoms with E-state index >= 15 is 0 Å². The topological polar surface area (TPSA) is 101 Å². The van der Waals surface area contributed by atoms with Crippen LogP contribution < -0.4 is 10.2 Å². The first-order chi connectivity index (χ1) is 15.4. The van der Waals surface area contributed by atoms with Gasteiger partial charge in [0.25, 0.3) is 5.91 Å². The third-order valence-electron chi connectivity index (χ3n) is 4.53. The second kappa shape index (κ2) is 10.7. The van der Waals surface area contributed by atoms with E-state index in [1.807, 2.05) is 18.2 Å². The number of sulfonamides is 1. The molecule has 0 fully saturated rings. The van der Waals surface area contributed by atoms with Crippen molar-refractivity contribution in [2.45, 2.75) is 18.4 Å². The molecular formula is C23H24N4O4S. The van der Waals surface area contributed by atoms with Gasteiger partial charge in [-0.25, -0.2) is 13.8 Å². The van der Waals surface area contributed by atoms with Crippen LogP contribution in [0.2, 0.25) is 0 Å². The molecule has 1 amide bonds. The Labute approximate surface area is 187 Å². The number of carbonyl (C=O) groups excluding carboxylic acids is 1. The molecule has 0 aliphatic carbocycles. The van der Waals surface area contributed by atoms with Gasteiger partial charge in [0.05, 0.1) is 25.6 Å². The summed E-state index contributed by atoms with van der Waals surface area (Å²) < 4.78 is 33.4. The second-order valence-electron chi connectivity index (χ2n) is 6.96. The van der Waals surface area contributed by atoms with Gasteiger partial charge in [-0.1, -0.05) is 42.5 Å². The maximum absolute atomic E-state index is 13.5. The molecule has 0 bridgehead atoms. The Bertz CT molecular complexity index is 1180. The molecule has 166 valence electrons. The number of nitrogens with zero attached hydrogens (tertiary/aromatic N) is 3. The number of carbonyl (C=O) groups is 1. The molecule has 8 nitrogen and oxygen atoms in total.